The van der Waals surface area contributed by atoms with Crippen molar-refractivity contribution in [1.29, 1.82) is 0 Å². The predicted molar refractivity (Wildman–Crippen MR) is 153 cm³/mol. The van der Waals surface area contributed by atoms with Gasteiger partial charge in [-0.1, -0.05) is 60.2 Å². The van der Waals surface area contributed by atoms with Gasteiger partial charge in [0.25, 0.3) is 17.2 Å². The number of Topliss-reactive ketones (excluding diaryl/α,β-unsaturated/α-hetero) is 1. The minimum atomic E-state index is -0.726. The summed E-state index contributed by atoms with van der Waals surface area (Å²) >= 11 is 0. The maximum Gasteiger partial charge on any atom is 0.277 e. The smallest absolute Gasteiger partial charge is 0.277 e. The predicted octanol–water partition coefficient (Wildman–Crippen LogP) is 3.08. The molecule has 2 aromatic heterocycles. The molecule has 2 heterocycles. The van der Waals surface area contributed by atoms with Crippen molar-refractivity contribution in [3.05, 3.63) is 118 Å². The molecule has 204 valence electrons. The van der Waals surface area contributed by atoms with Crippen LogP contribution < -0.4 is 22.3 Å². The van der Waals surface area contributed by atoms with Crippen LogP contribution in [0.5, 0.6) is 0 Å². The van der Waals surface area contributed by atoms with Gasteiger partial charge in [-0.3, -0.25) is 23.7 Å². The molecule has 0 aliphatic rings. The Hall–Kier alpha value is -5.84. The number of fused-ring (bicyclic) bond motifs is 1. The van der Waals surface area contributed by atoms with Gasteiger partial charge in [-0.25, -0.2) is 9.97 Å². The SMILES string of the molecule is Cc1ccc(-c2ncc(N)c(=O)n2CC(=O)NC(=Cc2ccccc2)C(=O)c2nc3cc(C(N)=O)ccc3o2)cc1. The van der Waals surface area contributed by atoms with Crippen molar-refractivity contribution in [3.63, 3.8) is 0 Å². The number of nitrogens with two attached hydrogens (primary N) is 2. The van der Waals surface area contributed by atoms with E-state index in [-0.39, 0.29) is 39.8 Å². The summed E-state index contributed by atoms with van der Waals surface area (Å²) in [5, 5.41) is 2.59. The standard InChI is InChI=1S/C30H24N6O5/c1-17-7-9-19(10-8-17)28-33-15-21(31)30(40)36(28)16-25(37)34-23(13-18-5-3-2-4-6-18)26(38)29-35-22-14-20(27(32)39)11-12-24(22)41-29/h2-15H,16,31H2,1H3,(H2,32,39)(H,34,37). The van der Waals surface area contributed by atoms with Crippen LogP contribution in [0.2, 0.25) is 0 Å². The van der Waals surface area contributed by atoms with Gasteiger partial charge in [0.1, 0.15) is 23.6 Å². The van der Waals surface area contributed by atoms with Crippen molar-refractivity contribution in [2.24, 2.45) is 5.73 Å². The van der Waals surface area contributed by atoms with Crippen molar-refractivity contribution >= 4 is 40.5 Å². The number of ketones is 1. The second-order valence-corrected chi connectivity index (χ2v) is 9.21. The third-order valence-electron chi connectivity index (χ3n) is 6.18. The number of benzene rings is 3. The number of carbonyl (C=O) groups is 3. The number of anilines is 1. The molecular formula is C30H24N6O5. The van der Waals surface area contributed by atoms with Crippen LogP contribution in [0.3, 0.4) is 0 Å². The highest BCUT2D eigenvalue weighted by Gasteiger charge is 2.23. The number of nitrogens with one attached hydrogen (secondary N) is 1. The lowest BCUT2D eigenvalue weighted by atomic mass is 10.1. The molecule has 0 spiro atoms. The summed E-state index contributed by atoms with van der Waals surface area (Å²) in [6, 6.07) is 20.4. The van der Waals surface area contributed by atoms with E-state index in [1.54, 1.807) is 42.5 Å². The van der Waals surface area contributed by atoms with Gasteiger partial charge in [0.05, 0.1) is 11.9 Å². The molecule has 0 radical (unpaired) electrons. The maximum atomic E-state index is 13.5. The summed E-state index contributed by atoms with van der Waals surface area (Å²) in [6.45, 7) is 1.45. The van der Waals surface area contributed by atoms with E-state index in [2.05, 4.69) is 15.3 Å². The quantitative estimate of drug-likeness (QED) is 0.196. The molecule has 0 bridgehead atoms. The second-order valence-electron chi connectivity index (χ2n) is 9.21. The largest absolute Gasteiger partial charge is 0.433 e. The van der Waals surface area contributed by atoms with Crippen molar-refractivity contribution in [1.82, 2.24) is 19.9 Å². The molecule has 0 unspecified atom stereocenters. The highest BCUT2D eigenvalue weighted by atomic mass is 16.4. The van der Waals surface area contributed by atoms with Crippen LogP contribution in [-0.4, -0.2) is 32.1 Å². The number of carbonyl (C=O) groups excluding carboxylic acids is 3. The Morgan fingerprint density at radius 3 is 2.46 bits per heavy atom. The first kappa shape index (κ1) is 26.8. The lowest BCUT2D eigenvalue weighted by Gasteiger charge is -2.14. The van der Waals surface area contributed by atoms with Crippen LogP contribution >= 0.6 is 0 Å². The average molecular weight is 549 g/mol. The maximum absolute atomic E-state index is 13.5. The Morgan fingerprint density at radius 1 is 1.02 bits per heavy atom. The third-order valence-corrected chi connectivity index (χ3v) is 6.18. The molecule has 0 atom stereocenters. The normalized spacial score (nSPS) is 11.4. The number of amides is 2. The van der Waals surface area contributed by atoms with Gasteiger partial charge in [-0.15, -0.1) is 0 Å². The molecule has 3 aromatic carbocycles. The molecule has 11 nitrogen and oxygen atoms in total. The van der Waals surface area contributed by atoms with Crippen LogP contribution in [0.25, 0.3) is 28.6 Å². The lowest BCUT2D eigenvalue weighted by Crippen LogP contribution is -2.35. The number of hydrogen-bond acceptors (Lipinski definition) is 8. The zero-order valence-corrected chi connectivity index (χ0v) is 21.8. The van der Waals surface area contributed by atoms with Gasteiger partial charge in [-0.05, 0) is 36.8 Å². The number of oxazole rings is 1. The molecule has 5 aromatic rings. The van der Waals surface area contributed by atoms with Crippen molar-refractivity contribution in [2.45, 2.75) is 13.5 Å². The van der Waals surface area contributed by atoms with Crippen LogP contribution in [0.1, 0.15) is 32.2 Å². The van der Waals surface area contributed by atoms with E-state index < -0.39 is 29.7 Å². The zero-order valence-electron chi connectivity index (χ0n) is 21.8. The van der Waals surface area contributed by atoms with Gasteiger partial charge in [0.2, 0.25) is 11.8 Å². The van der Waals surface area contributed by atoms with E-state index in [0.717, 1.165) is 10.1 Å². The number of nitrogens with zero attached hydrogens (tertiary/aromatic N) is 3. The summed E-state index contributed by atoms with van der Waals surface area (Å²) in [6.07, 6.45) is 2.71. The number of aromatic nitrogens is 3. The number of rotatable bonds is 8. The molecule has 5 N–H and O–H groups in total. The van der Waals surface area contributed by atoms with Gasteiger partial charge in [0.15, 0.2) is 5.58 Å². The Bertz CT molecular complexity index is 1890. The first-order chi connectivity index (χ1) is 19.7. The molecule has 2 amide bonds. The first-order valence-corrected chi connectivity index (χ1v) is 12.4. The van der Waals surface area contributed by atoms with Crippen LogP contribution in [0.15, 0.2) is 93.9 Å². The molecule has 0 saturated heterocycles. The van der Waals surface area contributed by atoms with E-state index in [4.69, 9.17) is 15.9 Å². The molecule has 41 heavy (non-hydrogen) atoms. The highest BCUT2D eigenvalue weighted by Crippen LogP contribution is 2.20. The first-order valence-electron chi connectivity index (χ1n) is 12.4. The zero-order chi connectivity index (χ0) is 29.1. The summed E-state index contributed by atoms with van der Waals surface area (Å²) in [7, 11) is 0. The topological polar surface area (TPSA) is 176 Å². The van der Waals surface area contributed by atoms with Crippen LogP contribution in [0, 0.1) is 6.92 Å². The Labute approximate surface area is 233 Å². The van der Waals surface area contributed by atoms with E-state index in [1.807, 2.05) is 19.1 Å². The van der Waals surface area contributed by atoms with Crippen molar-refractivity contribution in [3.8, 4) is 11.4 Å². The fraction of sp³-hybridized carbons (Fsp3) is 0.0667. The molecule has 5 rings (SSSR count). The van der Waals surface area contributed by atoms with E-state index in [1.165, 1.54) is 30.5 Å². The number of primary amides is 1. The third kappa shape index (κ3) is 5.78. The molecule has 0 aliphatic carbocycles. The van der Waals surface area contributed by atoms with Crippen LogP contribution in [-0.2, 0) is 11.3 Å². The summed E-state index contributed by atoms with van der Waals surface area (Å²) in [4.78, 5) is 59.8. The van der Waals surface area contributed by atoms with Gasteiger partial charge < -0.3 is 21.2 Å². The Kier molecular flexibility index (Phi) is 7.25. The number of nitrogen functional groups attached to an aromatic ring is 1. The van der Waals surface area contributed by atoms with E-state index >= 15 is 0 Å². The molecular weight excluding hydrogens is 524 g/mol. The fourth-order valence-electron chi connectivity index (χ4n) is 4.09. The molecule has 11 heteroatoms. The summed E-state index contributed by atoms with van der Waals surface area (Å²) in [5.74, 6) is -2.14. The Balaban J connectivity index is 1.49. The minimum Gasteiger partial charge on any atom is -0.433 e. The second kappa shape index (κ2) is 11.1. The Morgan fingerprint density at radius 2 is 1.76 bits per heavy atom. The van der Waals surface area contributed by atoms with Gasteiger partial charge >= 0.3 is 0 Å². The number of allylic oxidation sites excluding steroid dienone is 1. The summed E-state index contributed by atoms with van der Waals surface area (Å²) in [5.41, 5.74) is 13.2. The highest BCUT2D eigenvalue weighted by molar-refractivity contribution is 6.11. The van der Waals surface area contributed by atoms with E-state index in [9.17, 15) is 19.2 Å². The van der Waals surface area contributed by atoms with Crippen molar-refractivity contribution < 1.29 is 18.8 Å². The van der Waals surface area contributed by atoms with Gasteiger partial charge in [0, 0.05) is 11.1 Å². The lowest BCUT2D eigenvalue weighted by molar-refractivity contribution is -0.120. The molecule has 0 fully saturated rings. The van der Waals surface area contributed by atoms with Crippen LogP contribution in [0.4, 0.5) is 5.69 Å². The molecule has 0 aliphatic heterocycles. The number of aryl methyl sites for hydroxylation is 1. The summed E-state index contributed by atoms with van der Waals surface area (Å²) < 4.78 is 6.76. The fourth-order valence-corrected chi connectivity index (χ4v) is 4.09. The number of hydrogen-bond donors (Lipinski definition) is 3. The minimum absolute atomic E-state index is 0.133. The van der Waals surface area contributed by atoms with E-state index in [0.29, 0.717) is 11.1 Å². The van der Waals surface area contributed by atoms with Crippen molar-refractivity contribution in [2.75, 3.05) is 5.73 Å². The van der Waals surface area contributed by atoms with Gasteiger partial charge in [-0.2, -0.15) is 0 Å². The monoisotopic (exact) mass is 548 g/mol. The molecule has 0 saturated carbocycles. The average Bonchev–Trinajstić information content (AvgIpc) is 3.40.